The smallest absolute Gasteiger partial charge is 0.338 e. The number of hydrogen-bond donors (Lipinski definition) is 2. The second kappa shape index (κ2) is 20.7. The fourth-order valence-corrected chi connectivity index (χ4v) is 12.4. The van der Waals surface area contributed by atoms with Gasteiger partial charge in [0, 0.05) is 56.9 Å². The SMILES string of the molecule is Cc1cc(-n2c(C3(C)CC(O)C3)c(-c3ccc(COC(=O)c4ccccc4)c(-c4c(C5(C)CC(O)C5)n(-c5ccc(F)c(C)c5)c5cc(F)cc(OCc6ccccc6)c45)c3)c3c(OCc4ccccc4)cc(F)cc32)ccc1F. The summed E-state index contributed by atoms with van der Waals surface area (Å²) in [5, 5.41) is 23.6. The van der Waals surface area contributed by atoms with Crippen LogP contribution in [-0.2, 0) is 35.4 Å². The third-order valence-electron chi connectivity index (χ3n) is 16.2. The fourth-order valence-electron chi connectivity index (χ4n) is 12.4. The molecular formula is C68H58F4N2O6. The highest BCUT2D eigenvalue weighted by atomic mass is 19.1. The molecule has 10 aromatic rings. The number of fused-ring (bicyclic) bond motifs is 2. The number of rotatable bonds is 15. The molecule has 0 aliphatic heterocycles. The molecule has 12 rings (SSSR count). The Morgan fingerprint density at radius 2 is 0.988 bits per heavy atom. The van der Waals surface area contributed by atoms with Crippen LogP contribution in [0.5, 0.6) is 11.5 Å². The van der Waals surface area contributed by atoms with Crippen LogP contribution in [0.15, 0.2) is 170 Å². The average Bonchev–Trinajstić information content (AvgIpc) is 3.97. The maximum Gasteiger partial charge on any atom is 0.338 e. The van der Waals surface area contributed by atoms with E-state index in [1.54, 1.807) is 62.4 Å². The van der Waals surface area contributed by atoms with Crippen LogP contribution >= 0.6 is 0 Å². The van der Waals surface area contributed by atoms with E-state index in [1.165, 1.54) is 36.4 Å². The lowest BCUT2D eigenvalue weighted by molar-refractivity contribution is 0.0245. The van der Waals surface area contributed by atoms with Gasteiger partial charge < -0.3 is 33.6 Å². The standard InChI is InChI=1S/C68H58F4N2O6/c1-40-26-49(22-24-54(40)71)73-56-29-47(69)31-58(78-37-42-14-8-5-9-15-42)62(56)60(64(73)67(3)33-51(75)34-67)45-20-21-46(39-80-66(77)44-18-12-7-13-19-44)53(28-45)61-63-57(30-48(70)32-59(63)79-38-43-16-10-6-11-17-43)74(50-23-25-55(72)41(2)27-50)65(61)68(4)35-52(76)36-68/h5-32,51-52,75-76H,33-39H2,1-4H3. The molecule has 0 saturated heterocycles. The van der Waals surface area contributed by atoms with Gasteiger partial charge in [-0.25, -0.2) is 22.4 Å². The number of esters is 1. The Hall–Kier alpha value is -8.45. The Bertz CT molecular complexity index is 4010. The van der Waals surface area contributed by atoms with Crippen molar-refractivity contribution < 1.29 is 46.8 Å². The molecule has 2 saturated carbocycles. The summed E-state index contributed by atoms with van der Waals surface area (Å²) < 4.78 is 87.5. The summed E-state index contributed by atoms with van der Waals surface area (Å²) in [6.07, 6.45) is 0.0230. The Balaban J connectivity index is 1.20. The molecule has 8 nitrogen and oxygen atoms in total. The molecule has 2 aliphatic carbocycles. The van der Waals surface area contributed by atoms with Crippen molar-refractivity contribution in [2.24, 2.45) is 0 Å². The maximum atomic E-state index is 16.7. The minimum absolute atomic E-state index is 0.0745. The number of aliphatic hydroxyl groups excluding tert-OH is 2. The molecule has 0 amide bonds. The van der Waals surface area contributed by atoms with Gasteiger partial charge in [0.1, 0.15) is 54.6 Å². The molecule has 80 heavy (non-hydrogen) atoms. The molecule has 0 spiro atoms. The van der Waals surface area contributed by atoms with Gasteiger partial charge >= 0.3 is 5.97 Å². The van der Waals surface area contributed by atoms with Crippen LogP contribution < -0.4 is 9.47 Å². The maximum absolute atomic E-state index is 16.7. The first-order valence-electron chi connectivity index (χ1n) is 26.9. The predicted molar refractivity (Wildman–Crippen MR) is 303 cm³/mol. The van der Waals surface area contributed by atoms with Gasteiger partial charge in [0.15, 0.2) is 0 Å². The molecule has 2 fully saturated rings. The average molecular weight is 1080 g/mol. The van der Waals surface area contributed by atoms with Gasteiger partial charge in [-0.2, -0.15) is 0 Å². The number of aryl methyl sites for hydroxylation is 2. The fraction of sp³-hybridized carbons (Fsp3) is 0.221. The van der Waals surface area contributed by atoms with E-state index < -0.39 is 52.3 Å². The third-order valence-corrected chi connectivity index (χ3v) is 16.2. The summed E-state index contributed by atoms with van der Waals surface area (Å²) in [5.74, 6) is -2.08. The number of ether oxygens (including phenoxy) is 3. The number of aliphatic hydroxyl groups is 2. The minimum Gasteiger partial charge on any atom is -0.488 e. The van der Waals surface area contributed by atoms with Crippen molar-refractivity contribution >= 4 is 27.8 Å². The van der Waals surface area contributed by atoms with Crippen LogP contribution in [-0.4, -0.2) is 37.5 Å². The normalized spacial score (nSPS) is 18.7. The molecule has 12 heteroatoms. The zero-order chi connectivity index (χ0) is 55.6. The second-order valence-electron chi connectivity index (χ2n) is 22.2. The van der Waals surface area contributed by atoms with Crippen LogP contribution in [0.2, 0.25) is 0 Å². The third kappa shape index (κ3) is 9.49. The predicted octanol–water partition coefficient (Wildman–Crippen LogP) is 15.4. The zero-order valence-corrected chi connectivity index (χ0v) is 44.7. The van der Waals surface area contributed by atoms with Crippen molar-refractivity contribution in [2.45, 2.75) is 96.2 Å². The van der Waals surface area contributed by atoms with Crippen molar-refractivity contribution in [3.05, 3.63) is 238 Å². The van der Waals surface area contributed by atoms with Gasteiger partial charge in [-0.15, -0.1) is 0 Å². The van der Waals surface area contributed by atoms with Crippen molar-refractivity contribution in [1.82, 2.24) is 9.13 Å². The van der Waals surface area contributed by atoms with E-state index in [4.69, 9.17) is 14.2 Å². The summed E-state index contributed by atoms with van der Waals surface area (Å²) in [4.78, 5) is 14.0. The number of benzene rings is 8. The first kappa shape index (κ1) is 52.3. The number of aromatic nitrogens is 2. The Morgan fingerprint density at radius 3 is 1.45 bits per heavy atom. The van der Waals surface area contributed by atoms with Gasteiger partial charge in [-0.05, 0) is 145 Å². The molecule has 0 atom stereocenters. The van der Waals surface area contributed by atoms with Crippen LogP contribution in [0.3, 0.4) is 0 Å². The zero-order valence-electron chi connectivity index (χ0n) is 44.7. The molecule has 2 aliphatic rings. The largest absolute Gasteiger partial charge is 0.488 e. The topological polar surface area (TPSA) is 95.1 Å². The van der Waals surface area contributed by atoms with E-state index in [-0.39, 0.29) is 31.3 Å². The lowest BCUT2D eigenvalue weighted by atomic mass is 9.64. The molecule has 2 aromatic heterocycles. The quantitative estimate of drug-likeness (QED) is 0.0785. The molecule has 404 valence electrons. The first-order chi connectivity index (χ1) is 38.6. The lowest BCUT2D eigenvalue weighted by Gasteiger charge is -2.44. The number of carbonyl (C=O) groups excluding carboxylic acids is 1. The van der Waals surface area contributed by atoms with Crippen LogP contribution in [0, 0.1) is 37.1 Å². The Morgan fingerprint density at radius 1 is 0.537 bits per heavy atom. The van der Waals surface area contributed by atoms with Crippen molar-refractivity contribution in [3.63, 3.8) is 0 Å². The van der Waals surface area contributed by atoms with Gasteiger partial charge in [-0.3, -0.25) is 0 Å². The number of halogens is 4. The molecule has 0 unspecified atom stereocenters. The number of hydrogen-bond acceptors (Lipinski definition) is 6. The minimum atomic E-state index is -0.787. The highest BCUT2D eigenvalue weighted by molar-refractivity contribution is 6.08. The van der Waals surface area contributed by atoms with E-state index in [2.05, 4.69) is 6.92 Å². The summed E-state index contributed by atoms with van der Waals surface area (Å²) in [5.41, 5.74) is 7.64. The summed E-state index contributed by atoms with van der Waals surface area (Å²) >= 11 is 0. The molecule has 0 bridgehead atoms. The van der Waals surface area contributed by atoms with E-state index in [1.807, 2.05) is 101 Å². The van der Waals surface area contributed by atoms with Crippen molar-refractivity contribution in [2.75, 3.05) is 0 Å². The highest BCUT2D eigenvalue weighted by Gasteiger charge is 2.48. The summed E-state index contributed by atoms with van der Waals surface area (Å²) in [7, 11) is 0. The van der Waals surface area contributed by atoms with Crippen LogP contribution in [0.25, 0.3) is 55.4 Å². The first-order valence-corrected chi connectivity index (χ1v) is 26.9. The van der Waals surface area contributed by atoms with Gasteiger partial charge in [0.05, 0.1) is 39.6 Å². The van der Waals surface area contributed by atoms with Crippen LogP contribution in [0.4, 0.5) is 17.6 Å². The molecule has 8 aromatic carbocycles. The second-order valence-corrected chi connectivity index (χ2v) is 22.2. The molecular weight excluding hydrogens is 1020 g/mol. The molecule has 0 radical (unpaired) electrons. The van der Waals surface area contributed by atoms with E-state index in [0.29, 0.717) is 109 Å². The van der Waals surface area contributed by atoms with E-state index >= 15 is 17.6 Å². The van der Waals surface area contributed by atoms with E-state index in [0.717, 1.165) is 16.8 Å². The van der Waals surface area contributed by atoms with Crippen LogP contribution in [0.1, 0.15) is 89.1 Å². The molecule has 2 heterocycles. The Labute approximate surface area is 461 Å². The van der Waals surface area contributed by atoms with Gasteiger partial charge in [0.25, 0.3) is 0 Å². The van der Waals surface area contributed by atoms with Gasteiger partial charge in [-0.1, -0.05) is 105 Å². The monoisotopic (exact) mass is 1070 g/mol. The van der Waals surface area contributed by atoms with Gasteiger partial charge in [0.2, 0.25) is 0 Å². The van der Waals surface area contributed by atoms with Crippen molar-refractivity contribution in [1.29, 1.82) is 0 Å². The highest BCUT2D eigenvalue weighted by Crippen LogP contribution is 2.57. The van der Waals surface area contributed by atoms with E-state index in [9.17, 15) is 15.0 Å². The summed E-state index contributed by atoms with van der Waals surface area (Å²) in [6.45, 7) is 7.41. The summed E-state index contributed by atoms with van der Waals surface area (Å²) in [6, 6.07) is 48.8. The molecule has 2 N–H and O–H groups in total. The Kier molecular flexibility index (Phi) is 13.5. The number of nitrogens with zero attached hydrogens (tertiary/aromatic N) is 2. The number of carbonyl (C=O) groups is 1. The van der Waals surface area contributed by atoms with Crippen molar-refractivity contribution in [3.8, 4) is 45.1 Å². The lowest BCUT2D eigenvalue weighted by Crippen LogP contribution is -2.43.